The Kier molecular flexibility index (Phi) is 6.93. The van der Waals surface area contributed by atoms with Gasteiger partial charge in [-0.25, -0.2) is 14.8 Å². The van der Waals surface area contributed by atoms with E-state index in [4.69, 9.17) is 19.3 Å². The van der Waals surface area contributed by atoms with Crippen LogP contribution >= 0.6 is 0 Å². The minimum absolute atomic E-state index is 0.116. The van der Waals surface area contributed by atoms with Gasteiger partial charge in [-0.2, -0.15) is 15.0 Å². The third kappa shape index (κ3) is 5.53. The molecular formula is C27H30N8O4. The van der Waals surface area contributed by atoms with Crippen molar-refractivity contribution in [2.24, 2.45) is 0 Å². The first-order valence-corrected chi connectivity index (χ1v) is 12.7. The Morgan fingerprint density at radius 3 is 2.77 bits per heavy atom. The summed E-state index contributed by atoms with van der Waals surface area (Å²) in [6, 6.07) is 7.14. The van der Waals surface area contributed by atoms with E-state index >= 15 is 0 Å². The van der Waals surface area contributed by atoms with Crippen molar-refractivity contribution in [2.75, 3.05) is 25.1 Å². The zero-order valence-corrected chi connectivity index (χ0v) is 22.5. The highest BCUT2D eigenvalue weighted by Gasteiger charge is 2.34. The molecule has 0 radical (unpaired) electrons. The van der Waals surface area contributed by atoms with Crippen molar-refractivity contribution in [3.63, 3.8) is 0 Å². The predicted octanol–water partition coefficient (Wildman–Crippen LogP) is 4.47. The molecule has 1 aliphatic rings. The van der Waals surface area contributed by atoms with E-state index in [9.17, 15) is 4.79 Å². The van der Waals surface area contributed by atoms with Gasteiger partial charge in [-0.1, -0.05) is 5.16 Å². The van der Waals surface area contributed by atoms with Crippen LogP contribution in [0.25, 0.3) is 28.1 Å². The van der Waals surface area contributed by atoms with Crippen LogP contribution in [0, 0.1) is 11.3 Å². The second-order valence-electron chi connectivity index (χ2n) is 10.6. The number of nitriles is 1. The summed E-state index contributed by atoms with van der Waals surface area (Å²) >= 11 is 0. The molecule has 4 aromatic rings. The average Bonchev–Trinajstić information content (AvgIpc) is 3.54. The number of anilines is 1. The molecule has 4 aromatic heterocycles. The summed E-state index contributed by atoms with van der Waals surface area (Å²) in [7, 11) is 0. The van der Waals surface area contributed by atoms with Crippen LogP contribution in [0.4, 0.5) is 10.5 Å². The number of fused-ring (bicyclic) bond motifs is 1. The lowest BCUT2D eigenvalue weighted by Gasteiger charge is -2.35. The smallest absolute Gasteiger partial charge is 0.411 e. The van der Waals surface area contributed by atoms with Crippen molar-refractivity contribution >= 4 is 22.8 Å². The maximum Gasteiger partial charge on any atom is 0.411 e. The number of hydrogen-bond acceptors (Lipinski definition) is 10. The Morgan fingerprint density at radius 2 is 2.03 bits per heavy atom. The highest BCUT2D eigenvalue weighted by molar-refractivity contribution is 5.79. The number of aromatic nitrogens is 5. The van der Waals surface area contributed by atoms with Crippen molar-refractivity contribution in [3.05, 3.63) is 48.1 Å². The van der Waals surface area contributed by atoms with Crippen LogP contribution in [0.3, 0.4) is 0 Å². The lowest BCUT2D eigenvalue weighted by molar-refractivity contribution is -0.0388. The maximum absolute atomic E-state index is 12.9. The van der Waals surface area contributed by atoms with Crippen LogP contribution in [0.2, 0.25) is 0 Å². The van der Waals surface area contributed by atoms with Gasteiger partial charge >= 0.3 is 6.09 Å². The standard InChI is InChI=1S/C27H30N8O4/c1-16(2)32-20-10-24(35-25-18(13-31-35)8-17(11-28)12-30-25)29-14-19(20)21-9-23(39-33-21)22-15-37-7-6-34(22)26(36)38-27(3,4)5/h8-10,12-14,16,22H,6-7,15H2,1-5H3,(H,29,32). The Bertz CT molecular complexity index is 1550. The quantitative estimate of drug-likeness (QED) is 0.392. The van der Waals surface area contributed by atoms with E-state index in [1.54, 1.807) is 34.1 Å². The molecule has 1 unspecified atom stereocenters. The number of rotatable bonds is 5. The van der Waals surface area contributed by atoms with E-state index in [2.05, 4.69) is 31.6 Å². The van der Waals surface area contributed by atoms with Crippen LogP contribution in [0.15, 0.2) is 41.3 Å². The average molecular weight is 531 g/mol. The van der Waals surface area contributed by atoms with Gasteiger partial charge in [-0.3, -0.25) is 4.90 Å². The van der Waals surface area contributed by atoms with E-state index in [0.29, 0.717) is 41.6 Å². The van der Waals surface area contributed by atoms with Crippen molar-refractivity contribution in [1.82, 2.24) is 29.8 Å². The summed E-state index contributed by atoms with van der Waals surface area (Å²) in [5, 5.41) is 22.1. The summed E-state index contributed by atoms with van der Waals surface area (Å²) in [4.78, 5) is 23.5. The molecule has 0 spiro atoms. The molecule has 12 heteroatoms. The molecule has 5 rings (SSSR count). The minimum Gasteiger partial charge on any atom is -0.444 e. The second-order valence-corrected chi connectivity index (χ2v) is 10.6. The first kappa shape index (κ1) is 26.1. The summed E-state index contributed by atoms with van der Waals surface area (Å²) in [5.41, 5.74) is 2.49. The van der Waals surface area contributed by atoms with Gasteiger partial charge in [0.2, 0.25) is 0 Å². The largest absolute Gasteiger partial charge is 0.444 e. The summed E-state index contributed by atoms with van der Waals surface area (Å²) in [5.74, 6) is 1.04. The first-order chi connectivity index (χ1) is 18.6. The zero-order chi connectivity index (χ0) is 27.7. The number of pyridine rings is 2. The zero-order valence-electron chi connectivity index (χ0n) is 22.5. The number of ether oxygens (including phenoxy) is 2. The van der Waals surface area contributed by atoms with Crippen LogP contribution in [0.1, 0.15) is 52.0 Å². The topological polar surface area (TPSA) is 144 Å². The maximum atomic E-state index is 12.9. The monoisotopic (exact) mass is 530 g/mol. The molecule has 1 fully saturated rings. The van der Waals surface area contributed by atoms with Crippen molar-refractivity contribution in [1.29, 1.82) is 5.26 Å². The Hall–Kier alpha value is -4.50. The molecule has 1 N–H and O–H groups in total. The third-order valence-corrected chi connectivity index (χ3v) is 5.98. The number of amides is 1. The fourth-order valence-electron chi connectivity index (χ4n) is 4.30. The van der Waals surface area contributed by atoms with Crippen LogP contribution < -0.4 is 5.32 Å². The van der Waals surface area contributed by atoms with Crippen molar-refractivity contribution in [2.45, 2.75) is 52.3 Å². The molecule has 1 saturated heterocycles. The van der Waals surface area contributed by atoms with Gasteiger partial charge in [-0.05, 0) is 40.7 Å². The number of nitrogens with one attached hydrogen (secondary N) is 1. The molecule has 0 aliphatic carbocycles. The van der Waals surface area contributed by atoms with Crippen LogP contribution in [0.5, 0.6) is 0 Å². The van der Waals surface area contributed by atoms with E-state index in [0.717, 1.165) is 16.6 Å². The van der Waals surface area contributed by atoms with E-state index in [-0.39, 0.29) is 12.6 Å². The molecule has 1 atom stereocenters. The van der Waals surface area contributed by atoms with Crippen LogP contribution in [-0.2, 0) is 9.47 Å². The predicted molar refractivity (Wildman–Crippen MR) is 142 cm³/mol. The van der Waals surface area contributed by atoms with Gasteiger partial charge in [0.05, 0.1) is 25.0 Å². The Labute approximate surface area is 225 Å². The molecule has 1 aliphatic heterocycles. The summed E-state index contributed by atoms with van der Waals surface area (Å²) in [6.07, 6.45) is 4.43. The van der Waals surface area contributed by atoms with Gasteiger partial charge in [0.1, 0.15) is 23.4 Å². The number of hydrogen-bond donors (Lipinski definition) is 1. The molecule has 202 valence electrons. The van der Waals surface area contributed by atoms with Crippen molar-refractivity contribution in [3.8, 4) is 23.1 Å². The van der Waals surface area contributed by atoms with Gasteiger partial charge in [0.25, 0.3) is 0 Å². The van der Waals surface area contributed by atoms with Gasteiger partial charge in [0.15, 0.2) is 17.2 Å². The fraction of sp³-hybridized carbons (Fsp3) is 0.407. The normalized spacial score (nSPS) is 15.9. The summed E-state index contributed by atoms with van der Waals surface area (Å²) < 4.78 is 18.6. The lowest BCUT2D eigenvalue weighted by Crippen LogP contribution is -2.45. The third-order valence-electron chi connectivity index (χ3n) is 5.98. The lowest BCUT2D eigenvalue weighted by atomic mass is 10.1. The van der Waals surface area contributed by atoms with Crippen molar-refractivity contribution < 1.29 is 18.8 Å². The van der Waals surface area contributed by atoms with E-state index in [1.165, 1.54) is 6.20 Å². The fourth-order valence-corrected chi connectivity index (χ4v) is 4.30. The molecule has 5 heterocycles. The minimum atomic E-state index is -0.620. The molecule has 0 aromatic carbocycles. The molecule has 0 saturated carbocycles. The summed E-state index contributed by atoms with van der Waals surface area (Å²) in [6.45, 7) is 10.6. The number of carbonyl (C=O) groups is 1. The van der Waals surface area contributed by atoms with E-state index in [1.807, 2.05) is 40.7 Å². The van der Waals surface area contributed by atoms with Gasteiger partial charge < -0.3 is 19.3 Å². The highest BCUT2D eigenvalue weighted by Crippen LogP contribution is 2.33. The molecule has 1 amide bonds. The first-order valence-electron chi connectivity index (χ1n) is 12.7. The number of carbonyl (C=O) groups excluding carboxylic acids is 1. The molecule has 39 heavy (non-hydrogen) atoms. The Balaban J connectivity index is 1.48. The van der Waals surface area contributed by atoms with Gasteiger partial charge in [0, 0.05) is 53.8 Å². The second kappa shape index (κ2) is 10.3. The Morgan fingerprint density at radius 1 is 1.21 bits per heavy atom. The van der Waals surface area contributed by atoms with E-state index < -0.39 is 17.7 Å². The number of nitrogens with zero attached hydrogens (tertiary/aromatic N) is 7. The molecule has 0 bridgehead atoms. The SMILES string of the molecule is CC(C)Nc1cc(-n2ncc3cc(C#N)cnc32)ncc1-c1cc(C2COCCN2C(=O)OC(C)(C)C)on1. The van der Waals surface area contributed by atoms with Gasteiger partial charge in [-0.15, -0.1) is 0 Å². The molecular weight excluding hydrogens is 500 g/mol. The molecule has 12 nitrogen and oxygen atoms in total. The highest BCUT2D eigenvalue weighted by atomic mass is 16.6. The van der Waals surface area contributed by atoms with Crippen LogP contribution in [-0.4, -0.2) is 67.3 Å². The number of morpholine rings is 1.